The Kier molecular flexibility index (Phi) is 6.97. The quantitative estimate of drug-likeness (QED) is 0.836. The summed E-state index contributed by atoms with van der Waals surface area (Å²) < 4.78 is 0. The van der Waals surface area contributed by atoms with Gasteiger partial charge in [0, 0.05) is 31.2 Å². The molecule has 1 amide bonds. The highest BCUT2D eigenvalue weighted by atomic mass is 35.5. The lowest BCUT2D eigenvalue weighted by molar-refractivity contribution is -0.125. The van der Waals surface area contributed by atoms with Crippen LogP contribution in [0.5, 0.6) is 0 Å². The Bertz CT molecular complexity index is 344. The third-order valence-corrected chi connectivity index (χ3v) is 5.77. The van der Waals surface area contributed by atoms with Crippen molar-refractivity contribution in [2.45, 2.75) is 75.8 Å². The minimum absolute atomic E-state index is 0. The second kappa shape index (κ2) is 8.51. The topological polar surface area (TPSA) is 44.4 Å². The molecule has 4 nitrogen and oxygen atoms in total. The molecule has 1 aliphatic heterocycles. The van der Waals surface area contributed by atoms with Crippen molar-refractivity contribution in [3.63, 3.8) is 0 Å². The summed E-state index contributed by atoms with van der Waals surface area (Å²) in [5, 5.41) is 6.84. The molecule has 0 unspecified atom stereocenters. The maximum absolute atomic E-state index is 12.4. The van der Waals surface area contributed by atoms with E-state index in [2.05, 4.69) is 15.5 Å². The molecule has 3 aliphatic rings. The number of hydrogen-bond acceptors (Lipinski definition) is 3. The average molecular weight is 330 g/mol. The third kappa shape index (κ3) is 4.36. The van der Waals surface area contributed by atoms with Crippen molar-refractivity contribution < 1.29 is 4.79 Å². The molecule has 2 saturated carbocycles. The van der Waals surface area contributed by atoms with Crippen LogP contribution in [0.4, 0.5) is 0 Å². The second-order valence-corrected chi connectivity index (χ2v) is 7.29. The van der Waals surface area contributed by atoms with Crippen molar-refractivity contribution >= 4 is 18.3 Å². The minimum Gasteiger partial charge on any atom is -0.352 e. The van der Waals surface area contributed by atoms with Gasteiger partial charge < -0.3 is 10.6 Å². The maximum Gasteiger partial charge on any atom is 0.234 e. The van der Waals surface area contributed by atoms with Crippen molar-refractivity contribution in [1.29, 1.82) is 0 Å². The Balaban J connectivity index is 0.00000176. The Morgan fingerprint density at radius 2 is 1.77 bits per heavy atom. The zero-order chi connectivity index (χ0) is 14.5. The largest absolute Gasteiger partial charge is 0.352 e. The molecule has 2 N–H and O–H groups in total. The number of hydrogen-bond donors (Lipinski definition) is 2. The van der Waals surface area contributed by atoms with E-state index in [1.807, 2.05) is 0 Å². The lowest BCUT2D eigenvalue weighted by Crippen LogP contribution is -2.63. The predicted molar refractivity (Wildman–Crippen MR) is 92.5 cm³/mol. The van der Waals surface area contributed by atoms with E-state index < -0.39 is 0 Å². The summed E-state index contributed by atoms with van der Waals surface area (Å²) in [4.78, 5) is 14.9. The number of rotatable bonds is 3. The van der Waals surface area contributed by atoms with Gasteiger partial charge in [-0.25, -0.2) is 0 Å². The van der Waals surface area contributed by atoms with E-state index in [-0.39, 0.29) is 23.9 Å². The summed E-state index contributed by atoms with van der Waals surface area (Å²) in [5.41, 5.74) is 0.264. The van der Waals surface area contributed by atoms with Gasteiger partial charge in [0.2, 0.25) is 5.91 Å². The van der Waals surface area contributed by atoms with Crippen molar-refractivity contribution in [1.82, 2.24) is 15.5 Å². The molecule has 22 heavy (non-hydrogen) atoms. The lowest BCUT2D eigenvalue weighted by atomic mass is 9.79. The molecule has 0 atom stereocenters. The van der Waals surface area contributed by atoms with Gasteiger partial charge in [0.1, 0.15) is 0 Å². The molecular weight excluding hydrogens is 298 g/mol. The molecule has 0 radical (unpaired) electrons. The number of nitrogens with zero attached hydrogens (tertiary/aromatic N) is 1. The molecular formula is C17H32ClN3O. The van der Waals surface area contributed by atoms with Crippen LogP contribution in [0, 0.1) is 0 Å². The van der Waals surface area contributed by atoms with Crippen LogP contribution in [0.15, 0.2) is 0 Å². The van der Waals surface area contributed by atoms with E-state index in [1.165, 1.54) is 64.2 Å². The zero-order valence-corrected chi connectivity index (χ0v) is 14.6. The van der Waals surface area contributed by atoms with Crippen LogP contribution in [0.25, 0.3) is 0 Å². The molecule has 1 saturated heterocycles. The Morgan fingerprint density at radius 3 is 2.50 bits per heavy atom. The molecule has 5 heteroatoms. The smallest absolute Gasteiger partial charge is 0.234 e. The van der Waals surface area contributed by atoms with Crippen LogP contribution in [-0.4, -0.2) is 48.6 Å². The summed E-state index contributed by atoms with van der Waals surface area (Å²) in [5.74, 6) is 0.258. The third-order valence-electron chi connectivity index (χ3n) is 5.77. The summed E-state index contributed by atoms with van der Waals surface area (Å²) in [6.45, 7) is 3.73. The van der Waals surface area contributed by atoms with Crippen LogP contribution in [0.3, 0.4) is 0 Å². The summed E-state index contributed by atoms with van der Waals surface area (Å²) in [6.07, 6.45) is 12.8. The Morgan fingerprint density at radius 1 is 1.09 bits per heavy atom. The highest BCUT2D eigenvalue weighted by Gasteiger charge is 2.40. The molecule has 0 aromatic carbocycles. The fraction of sp³-hybridized carbons (Fsp3) is 0.941. The van der Waals surface area contributed by atoms with Gasteiger partial charge in [-0.1, -0.05) is 38.5 Å². The lowest BCUT2D eigenvalue weighted by Gasteiger charge is -2.49. The van der Waals surface area contributed by atoms with Gasteiger partial charge in [-0.05, 0) is 25.7 Å². The van der Waals surface area contributed by atoms with Gasteiger partial charge >= 0.3 is 0 Å². The minimum atomic E-state index is 0. The molecule has 0 bridgehead atoms. The highest BCUT2D eigenvalue weighted by Crippen LogP contribution is 2.34. The van der Waals surface area contributed by atoms with Gasteiger partial charge in [-0.15, -0.1) is 12.4 Å². The summed E-state index contributed by atoms with van der Waals surface area (Å²) >= 11 is 0. The molecule has 0 aromatic heterocycles. The predicted octanol–water partition coefficient (Wildman–Crippen LogP) is 2.47. The first-order chi connectivity index (χ1) is 10.3. The molecule has 1 spiro atoms. The first kappa shape index (κ1) is 18.0. The Labute approximate surface area is 141 Å². The van der Waals surface area contributed by atoms with E-state index in [1.54, 1.807) is 0 Å². The Hall–Kier alpha value is -0.320. The van der Waals surface area contributed by atoms with Crippen LogP contribution in [0.1, 0.15) is 64.2 Å². The first-order valence-electron chi connectivity index (χ1n) is 9.04. The molecule has 2 aliphatic carbocycles. The SMILES string of the molecule is Cl.O=C(CN1CCNCC12CCCCC2)NC1CCCCC1. The molecule has 0 aromatic rings. The first-order valence-corrected chi connectivity index (χ1v) is 9.04. The average Bonchev–Trinajstić information content (AvgIpc) is 2.52. The monoisotopic (exact) mass is 329 g/mol. The fourth-order valence-electron chi connectivity index (χ4n) is 4.53. The number of carbonyl (C=O) groups excluding carboxylic acids is 1. The van der Waals surface area contributed by atoms with E-state index in [0.29, 0.717) is 12.6 Å². The van der Waals surface area contributed by atoms with Gasteiger partial charge in [0.05, 0.1) is 6.54 Å². The van der Waals surface area contributed by atoms with Gasteiger partial charge in [-0.2, -0.15) is 0 Å². The molecule has 3 rings (SSSR count). The number of carbonyl (C=O) groups is 1. The number of amides is 1. The van der Waals surface area contributed by atoms with Crippen molar-refractivity contribution in [2.24, 2.45) is 0 Å². The number of halogens is 1. The van der Waals surface area contributed by atoms with E-state index in [0.717, 1.165) is 19.6 Å². The van der Waals surface area contributed by atoms with Crippen LogP contribution >= 0.6 is 12.4 Å². The maximum atomic E-state index is 12.4. The van der Waals surface area contributed by atoms with Crippen LogP contribution < -0.4 is 10.6 Å². The molecule has 128 valence electrons. The molecule has 3 fully saturated rings. The number of piperazine rings is 1. The van der Waals surface area contributed by atoms with Gasteiger partial charge in [0.15, 0.2) is 0 Å². The van der Waals surface area contributed by atoms with E-state index in [9.17, 15) is 4.79 Å². The van der Waals surface area contributed by atoms with Crippen molar-refractivity contribution in [2.75, 3.05) is 26.2 Å². The summed E-state index contributed by atoms with van der Waals surface area (Å²) in [6, 6.07) is 0.441. The van der Waals surface area contributed by atoms with Gasteiger partial charge in [-0.3, -0.25) is 9.69 Å². The van der Waals surface area contributed by atoms with Crippen LogP contribution in [-0.2, 0) is 4.79 Å². The normalized spacial score (nSPS) is 26.4. The standard InChI is InChI=1S/C17H31N3O.ClH/c21-16(19-15-7-3-1-4-8-15)13-20-12-11-18-14-17(20)9-5-2-6-10-17;/h15,18H,1-14H2,(H,19,21);1H. The second-order valence-electron chi connectivity index (χ2n) is 7.29. The van der Waals surface area contributed by atoms with Crippen LogP contribution in [0.2, 0.25) is 0 Å². The van der Waals surface area contributed by atoms with E-state index >= 15 is 0 Å². The summed E-state index contributed by atoms with van der Waals surface area (Å²) in [7, 11) is 0. The number of nitrogens with one attached hydrogen (secondary N) is 2. The molecule has 1 heterocycles. The van der Waals surface area contributed by atoms with Crippen molar-refractivity contribution in [3.8, 4) is 0 Å². The highest BCUT2D eigenvalue weighted by molar-refractivity contribution is 5.85. The van der Waals surface area contributed by atoms with E-state index in [4.69, 9.17) is 0 Å². The zero-order valence-electron chi connectivity index (χ0n) is 13.7. The van der Waals surface area contributed by atoms with Gasteiger partial charge in [0.25, 0.3) is 0 Å². The fourth-order valence-corrected chi connectivity index (χ4v) is 4.53. The van der Waals surface area contributed by atoms with Crippen molar-refractivity contribution in [3.05, 3.63) is 0 Å².